The largest absolute Gasteiger partial charge is 0.378 e. The van der Waals surface area contributed by atoms with Crippen molar-refractivity contribution in [2.24, 2.45) is 0 Å². The van der Waals surface area contributed by atoms with Crippen molar-refractivity contribution in [3.8, 4) is 0 Å². The van der Waals surface area contributed by atoms with Crippen molar-refractivity contribution < 1.29 is 4.79 Å². The predicted molar refractivity (Wildman–Crippen MR) is 117 cm³/mol. The first-order chi connectivity index (χ1) is 14.1. The van der Waals surface area contributed by atoms with E-state index in [1.54, 1.807) is 0 Å². The number of H-pyrrole nitrogens is 1. The molecule has 0 radical (unpaired) electrons. The average molecular weight is 384 g/mol. The van der Waals surface area contributed by atoms with Gasteiger partial charge in [-0.25, -0.2) is 4.98 Å². The number of benzene rings is 3. The first-order valence-electron chi connectivity index (χ1n) is 9.67. The van der Waals surface area contributed by atoms with E-state index in [1.807, 2.05) is 85.7 Å². The van der Waals surface area contributed by atoms with Crippen molar-refractivity contribution in [2.45, 2.75) is 12.5 Å². The summed E-state index contributed by atoms with van der Waals surface area (Å²) in [6.07, 6.45) is 0.655. The maximum Gasteiger partial charge on any atom is 0.251 e. The number of carbonyl (C=O) groups is 1. The number of aromatic amines is 1. The van der Waals surface area contributed by atoms with Gasteiger partial charge in [0.05, 0.1) is 17.1 Å². The summed E-state index contributed by atoms with van der Waals surface area (Å²) in [5, 5.41) is 3.16. The number of nitrogens with zero attached hydrogens (tertiary/aromatic N) is 2. The number of anilines is 1. The molecule has 3 aromatic carbocycles. The van der Waals surface area contributed by atoms with Crippen molar-refractivity contribution in [1.82, 2.24) is 15.3 Å². The third-order valence-electron chi connectivity index (χ3n) is 4.97. The molecular formula is C24H24N4O. The van der Waals surface area contributed by atoms with Gasteiger partial charge in [0, 0.05) is 25.3 Å². The molecule has 0 spiro atoms. The van der Waals surface area contributed by atoms with Crippen LogP contribution in [0.4, 0.5) is 5.69 Å². The van der Waals surface area contributed by atoms with Gasteiger partial charge in [0.1, 0.15) is 5.82 Å². The Morgan fingerprint density at radius 1 is 0.966 bits per heavy atom. The first-order valence-corrected chi connectivity index (χ1v) is 9.67. The Morgan fingerprint density at radius 2 is 1.66 bits per heavy atom. The van der Waals surface area contributed by atoms with Crippen molar-refractivity contribution in [3.05, 3.63) is 95.8 Å². The molecule has 1 atom stereocenters. The summed E-state index contributed by atoms with van der Waals surface area (Å²) < 4.78 is 0. The van der Waals surface area contributed by atoms with Gasteiger partial charge in [0.2, 0.25) is 0 Å². The van der Waals surface area contributed by atoms with Crippen LogP contribution in [0.25, 0.3) is 11.0 Å². The third kappa shape index (κ3) is 4.29. The summed E-state index contributed by atoms with van der Waals surface area (Å²) in [7, 11) is 3.96. The SMILES string of the molecule is CN(C)c1ccc(C(=O)NC(Cc2ccccc2)c2nc3ccccc3[nH]2)cc1. The molecule has 0 bridgehead atoms. The smallest absolute Gasteiger partial charge is 0.251 e. The highest BCUT2D eigenvalue weighted by atomic mass is 16.1. The Labute approximate surface area is 170 Å². The standard InChI is InChI=1S/C24H24N4O/c1-28(2)19-14-12-18(13-15-19)24(29)27-22(16-17-8-4-3-5-9-17)23-25-20-10-6-7-11-21(20)26-23/h3-15,22H,16H2,1-2H3,(H,25,26)(H,27,29). The Balaban J connectivity index is 1.61. The second-order valence-electron chi connectivity index (χ2n) is 7.30. The molecule has 4 aromatic rings. The van der Waals surface area contributed by atoms with Gasteiger partial charge >= 0.3 is 0 Å². The molecule has 0 aliphatic carbocycles. The van der Waals surface area contributed by atoms with Crippen LogP contribution in [0.3, 0.4) is 0 Å². The molecule has 4 rings (SSSR count). The number of amides is 1. The van der Waals surface area contributed by atoms with Gasteiger partial charge in [-0.15, -0.1) is 0 Å². The summed E-state index contributed by atoms with van der Waals surface area (Å²) in [6.45, 7) is 0. The van der Waals surface area contributed by atoms with Gasteiger partial charge in [-0.05, 0) is 48.4 Å². The van der Waals surface area contributed by atoms with Crippen LogP contribution in [0, 0.1) is 0 Å². The Morgan fingerprint density at radius 3 is 2.34 bits per heavy atom. The van der Waals surface area contributed by atoms with Crippen molar-refractivity contribution in [2.75, 3.05) is 19.0 Å². The molecule has 0 aliphatic rings. The minimum absolute atomic E-state index is 0.114. The molecule has 1 aromatic heterocycles. The van der Waals surface area contributed by atoms with E-state index in [9.17, 15) is 4.79 Å². The molecule has 5 heteroatoms. The molecule has 1 unspecified atom stereocenters. The zero-order valence-corrected chi connectivity index (χ0v) is 16.6. The maximum atomic E-state index is 12.9. The summed E-state index contributed by atoms with van der Waals surface area (Å²) in [6, 6.07) is 25.4. The Kier molecular flexibility index (Phi) is 5.29. The van der Waals surface area contributed by atoms with E-state index in [0.29, 0.717) is 12.0 Å². The summed E-state index contributed by atoms with van der Waals surface area (Å²) >= 11 is 0. The second-order valence-corrected chi connectivity index (χ2v) is 7.30. The Bertz CT molecular complexity index is 1070. The predicted octanol–water partition coefficient (Wildman–Crippen LogP) is 4.34. The van der Waals surface area contributed by atoms with Gasteiger partial charge in [0.15, 0.2) is 0 Å². The van der Waals surface area contributed by atoms with E-state index in [0.717, 1.165) is 28.1 Å². The number of carbonyl (C=O) groups excluding carboxylic acids is 1. The van der Waals surface area contributed by atoms with E-state index >= 15 is 0 Å². The zero-order valence-electron chi connectivity index (χ0n) is 16.6. The lowest BCUT2D eigenvalue weighted by atomic mass is 10.0. The van der Waals surface area contributed by atoms with E-state index in [2.05, 4.69) is 22.4 Å². The van der Waals surface area contributed by atoms with Crippen molar-refractivity contribution in [1.29, 1.82) is 0 Å². The summed E-state index contributed by atoms with van der Waals surface area (Å²) in [5.41, 5.74) is 4.68. The maximum absolute atomic E-state index is 12.9. The minimum Gasteiger partial charge on any atom is -0.378 e. The average Bonchev–Trinajstić information content (AvgIpc) is 3.18. The number of hydrogen-bond acceptors (Lipinski definition) is 3. The fraction of sp³-hybridized carbons (Fsp3) is 0.167. The molecule has 0 fully saturated rings. The van der Waals surface area contributed by atoms with Crippen LogP contribution in [0.5, 0.6) is 0 Å². The van der Waals surface area contributed by atoms with Gasteiger partial charge in [-0.3, -0.25) is 4.79 Å². The van der Waals surface area contributed by atoms with E-state index in [-0.39, 0.29) is 11.9 Å². The Hall–Kier alpha value is -3.60. The molecule has 5 nitrogen and oxygen atoms in total. The number of para-hydroxylation sites is 2. The molecule has 1 amide bonds. The van der Waals surface area contributed by atoms with Crippen LogP contribution in [-0.2, 0) is 6.42 Å². The third-order valence-corrected chi connectivity index (χ3v) is 4.97. The molecular weight excluding hydrogens is 360 g/mol. The molecule has 0 saturated carbocycles. The normalized spacial score (nSPS) is 11.9. The first kappa shape index (κ1) is 18.7. The number of nitrogens with one attached hydrogen (secondary N) is 2. The molecule has 0 aliphatic heterocycles. The second kappa shape index (κ2) is 8.19. The highest BCUT2D eigenvalue weighted by Gasteiger charge is 2.20. The molecule has 29 heavy (non-hydrogen) atoms. The van der Waals surface area contributed by atoms with Gasteiger partial charge in [0.25, 0.3) is 5.91 Å². The number of imidazole rings is 1. The minimum atomic E-state index is -0.258. The van der Waals surface area contributed by atoms with Crippen molar-refractivity contribution >= 4 is 22.6 Å². The quantitative estimate of drug-likeness (QED) is 0.520. The van der Waals surface area contributed by atoms with Gasteiger partial charge < -0.3 is 15.2 Å². The van der Waals surface area contributed by atoms with Crippen LogP contribution >= 0.6 is 0 Å². The molecule has 1 heterocycles. The summed E-state index contributed by atoms with van der Waals surface area (Å²) in [5.74, 6) is 0.644. The van der Waals surface area contributed by atoms with E-state index in [4.69, 9.17) is 4.98 Å². The number of aromatic nitrogens is 2. The zero-order chi connectivity index (χ0) is 20.2. The van der Waals surface area contributed by atoms with Crippen LogP contribution in [0.15, 0.2) is 78.9 Å². The topological polar surface area (TPSA) is 61.0 Å². The van der Waals surface area contributed by atoms with Crippen LogP contribution in [0.2, 0.25) is 0 Å². The molecule has 2 N–H and O–H groups in total. The monoisotopic (exact) mass is 384 g/mol. The van der Waals surface area contributed by atoms with E-state index < -0.39 is 0 Å². The lowest BCUT2D eigenvalue weighted by Gasteiger charge is -2.18. The van der Waals surface area contributed by atoms with Crippen LogP contribution in [0.1, 0.15) is 27.8 Å². The lowest BCUT2D eigenvalue weighted by Crippen LogP contribution is -2.30. The fourth-order valence-electron chi connectivity index (χ4n) is 3.36. The number of fused-ring (bicyclic) bond motifs is 1. The van der Waals surface area contributed by atoms with Crippen LogP contribution < -0.4 is 10.2 Å². The summed E-state index contributed by atoms with van der Waals surface area (Å²) in [4.78, 5) is 23.0. The van der Waals surface area contributed by atoms with Gasteiger partial charge in [-0.2, -0.15) is 0 Å². The number of rotatable bonds is 6. The molecule has 146 valence electrons. The highest BCUT2D eigenvalue weighted by molar-refractivity contribution is 5.94. The van der Waals surface area contributed by atoms with Gasteiger partial charge in [-0.1, -0.05) is 42.5 Å². The fourth-order valence-corrected chi connectivity index (χ4v) is 3.36. The molecule has 0 saturated heterocycles. The van der Waals surface area contributed by atoms with E-state index in [1.165, 1.54) is 0 Å². The highest BCUT2D eigenvalue weighted by Crippen LogP contribution is 2.21. The lowest BCUT2D eigenvalue weighted by molar-refractivity contribution is 0.0935. The van der Waals surface area contributed by atoms with Crippen molar-refractivity contribution in [3.63, 3.8) is 0 Å². The number of hydrogen-bond donors (Lipinski definition) is 2. The van der Waals surface area contributed by atoms with Crippen LogP contribution in [-0.4, -0.2) is 30.0 Å².